The normalized spacial score (nSPS) is 10.4. The highest BCUT2D eigenvalue weighted by molar-refractivity contribution is 9.10. The molecule has 0 aliphatic rings. The first-order chi connectivity index (χ1) is 17.2. The zero-order valence-corrected chi connectivity index (χ0v) is 23.5. The standard InChI is InChI=1S/2C13H13BrN2O2/c1-3-18-13(17)11-8-12(16(2)15-11)9-5-4-6-10(14)7-9;1-3-18-13(17)12-8-11(15-16(12)2)9-5-4-6-10(14)7-9/h2*4-8H,3H2,1-2H3. The molecule has 4 rings (SSSR count). The van der Waals surface area contributed by atoms with E-state index in [9.17, 15) is 9.59 Å². The van der Waals surface area contributed by atoms with E-state index in [4.69, 9.17) is 9.47 Å². The monoisotopic (exact) mass is 616 g/mol. The summed E-state index contributed by atoms with van der Waals surface area (Å²) in [6, 6.07) is 19.1. The van der Waals surface area contributed by atoms with Crippen LogP contribution in [-0.4, -0.2) is 44.7 Å². The van der Waals surface area contributed by atoms with Gasteiger partial charge < -0.3 is 9.47 Å². The van der Waals surface area contributed by atoms with E-state index in [1.54, 1.807) is 44.8 Å². The molecule has 0 saturated carbocycles. The minimum Gasteiger partial charge on any atom is -0.461 e. The molecule has 0 fully saturated rings. The fraction of sp³-hybridized carbons (Fsp3) is 0.231. The van der Waals surface area contributed by atoms with Gasteiger partial charge in [0.05, 0.1) is 24.6 Å². The second-order valence-corrected chi connectivity index (χ2v) is 9.37. The zero-order valence-electron chi connectivity index (χ0n) is 20.4. The molecule has 2 aromatic carbocycles. The summed E-state index contributed by atoms with van der Waals surface area (Å²) in [5.74, 6) is -0.747. The van der Waals surface area contributed by atoms with E-state index in [0.29, 0.717) is 24.6 Å². The molecule has 4 aromatic rings. The summed E-state index contributed by atoms with van der Waals surface area (Å²) >= 11 is 6.84. The third-order valence-electron chi connectivity index (χ3n) is 4.97. The lowest BCUT2D eigenvalue weighted by molar-refractivity contribution is 0.0506. The van der Waals surface area contributed by atoms with Crippen molar-refractivity contribution in [3.63, 3.8) is 0 Å². The number of halogens is 2. The van der Waals surface area contributed by atoms with Crippen LogP contribution in [0.4, 0.5) is 0 Å². The number of hydrogen-bond acceptors (Lipinski definition) is 6. The second kappa shape index (κ2) is 12.6. The smallest absolute Gasteiger partial charge is 0.358 e. The predicted octanol–water partition coefficient (Wildman–Crippen LogP) is 6.05. The summed E-state index contributed by atoms with van der Waals surface area (Å²) in [7, 11) is 3.53. The number of benzene rings is 2. The molecule has 0 aliphatic heterocycles. The number of carbonyl (C=O) groups excluding carboxylic acids is 2. The molecule has 2 aromatic heterocycles. The minimum atomic E-state index is -0.394. The molecular formula is C26H26Br2N4O4. The molecule has 10 heteroatoms. The quantitative estimate of drug-likeness (QED) is 0.245. The Morgan fingerprint density at radius 2 is 1.36 bits per heavy atom. The van der Waals surface area contributed by atoms with Crippen LogP contribution in [0.2, 0.25) is 0 Å². The fourth-order valence-corrected chi connectivity index (χ4v) is 4.14. The summed E-state index contributed by atoms with van der Waals surface area (Å²) in [5.41, 5.74) is 4.35. The minimum absolute atomic E-state index is 0.328. The lowest BCUT2D eigenvalue weighted by atomic mass is 10.1. The van der Waals surface area contributed by atoms with E-state index in [-0.39, 0.29) is 5.97 Å². The molecule has 0 aliphatic carbocycles. The lowest BCUT2D eigenvalue weighted by Crippen LogP contribution is -2.10. The van der Waals surface area contributed by atoms with Gasteiger partial charge >= 0.3 is 11.9 Å². The van der Waals surface area contributed by atoms with Gasteiger partial charge in [0.15, 0.2) is 5.69 Å². The van der Waals surface area contributed by atoms with Gasteiger partial charge in [-0.25, -0.2) is 9.59 Å². The Morgan fingerprint density at radius 1 is 0.778 bits per heavy atom. The van der Waals surface area contributed by atoms with Crippen molar-refractivity contribution in [3.8, 4) is 22.5 Å². The molecule has 36 heavy (non-hydrogen) atoms. The molecule has 0 radical (unpaired) electrons. The van der Waals surface area contributed by atoms with Crippen molar-refractivity contribution in [1.82, 2.24) is 19.6 Å². The number of aromatic nitrogens is 4. The van der Waals surface area contributed by atoms with Gasteiger partial charge in [-0.15, -0.1) is 0 Å². The van der Waals surface area contributed by atoms with Crippen LogP contribution in [0.5, 0.6) is 0 Å². The van der Waals surface area contributed by atoms with Gasteiger partial charge in [0.2, 0.25) is 0 Å². The average molecular weight is 618 g/mol. The molecule has 2 heterocycles. The first-order valence-corrected chi connectivity index (χ1v) is 12.8. The van der Waals surface area contributed by atoms with Gasteiger partial charge in [0.25, 0.3) is 0 Å². The second-order valence-electron chi connectivity index (χ2n) is 7.54. The van der Waals surface area contributed by atoms with Gasteiger partial charge in [-0.1, -0.05) is 56.1 Å². The van der Waals surface area contributed by atoms with Crippen LogP contribution in [0.3, 0.4) is 0 Å². The molecule has 8 nitrogen and oxygen atoms in total. The average Bonchev–Trinajstić information content (AvgIpc) is 3.43. The van der Waals surface area contributed by atoms with Gasteiger partial charge in [-0.3, -0.25) is 9.36 Å². The first kappa shape index (κ1) is 27.3. The number of esters is 2. The topological polar surface area (TPSA) is 88.2 Å². The molecule has 0 atom stereocenters. The van der Waals surface area contributed by atoms with E-state index in [1.165, 1.54) is 4.68 Å². The van der Waals surface area contributed by atoms with Gasteiger partial charge in [0.1, 0.15) is 5.69 Å². The largest absolute Gasteiger partial charge is 0.461 e. The summed E-state index contributed by atoms with van der Waals surface area (Å²) in [6.07, 6.45) is 0. The number of aryl methyl sites for hydroxylation is 2. The van der Waals surface area contributed by atoms with Gasteiger partial charge in [0, 0.05) is 34.2 Å². The van der Waals surface area contributed by atoms with Crippen molar-refractivity contribution in [1.29, 1.82) is 0 Å². The summed E-state index contributed by atoms with van der Waals surface area (Å²) in [6.45, 7) is 4.26. The Hall–Kier alpha value is -3.24. The lowest BCUT2D eigenvalue weighted by Gasteiger charge is -2.01. The Balaban J connectivity index is 0.000000201. The summed E-state index contributed by atoms with van der Waals surface area (Å²) in [4.78, 5) is 23.3. The number of carbonyl (C=O) groups is 2. The van der Waals surface area contributed by atoms with E-state index in [2.05, 4.69) is 42.1 Å². The molecule has 0 bridgehead atoms. The highest BCUT2D eigenvalue weighted by atomic mass is 79.9. The van der Waals surface area contributed by atoms with Crippen LogP contribution in [-0.2, 0) is 23.6 Å². The van der Waals surface area contributed by atoms with Crippen LogP contribution in [0.1, 0.15) is 34.8 Å². The Morgan fingerprint density at radius 3 is 1.97 bits per heavy atom. The highest BCUT2D eigenvalue weighted by Crippen LogP contribution is 2.24. The van der Waals surface area contributed by atoms with Crippen molar-refractivity contribution in [2.45, 2.75) is 13.8 Å². The molecule has 0 unspecified atom stereocenters. The Labute approximate surface area is 226 Å². The predicted molar refractivity (Wildman–Crippen MR) is 145 cm³/mol. The van der Waals surface area contributed by atoms with Crippen LogP contribution >= 0.6 is 31.9 Å². The zero-order chi connectivity index (χ0) is 26.2. The van der Waals surface area contributed by atoms with E-state index in [1.807, 2.05) is 48.5 Å². The summed E-state index contributed by atoms with van der Waals surface area (Å²) in [5, 5.41) is 8.48. The molecule has 188 valence electrons. The number of nitrogens with zero attached hydrogens (tertiary/aromatic N) is 4. The van der Waals surface area contributed by atoms with Crippen molar-refractivity contribution >= 4 is 43.8 Å². The fourth-order valence-electron chi connectivity index (χ4n) is 3.34. The maximum atomic E-state index is 11.7. The van der Waals surface area contributed by atoms with E-state index < -0.39 is 5.97 Å². The van der Waals surface area contributed by atoms with Crippen molar-refractivity contribution in [2.75, 3.05) is 13.2 Å². The van der Waals surface area contributed by atoms with Gasteiger partial charge in [-0.2, -0.15) is 10.2 Å². The number of rotatable bonds is 6. The van der Waals surface area contributed by atoms with Crippen molar-refractivity contribution in [2.24, 2.45) is 14.1 Å². The number of hydrogen-bond donors (Lipinski definition) is 0. The van der Waals surface area contributed by atoms with Crippen LogP contribution < -0.4 is 0 Å². The Bertz CT molecular complexity index is 1360. The third-order valence-corrected chi connectivity index (χ3v) is 5.96. The molecule has 0 spiro atoms. The maximum absolute atomic E-state index is 11.7. The van der Waals surface area contributed by atoms with Crippen LogP contribution in [0.15, 0.2) is 69.6 Å². The highest BCUT2D eigenvalue weighted by Gasteiger charge is 2.16. The molecule has 0 N–H and O–H groups in total. The maximum Gasteiger partial charge on any atom is 0.358 e. The van der Waals surface area contributed by atoms with Crippen LogP contribution in [0.25, 0.3) is 22.5 Å². The van der Waals surface area contributed by atoms with Crippen molar-refractivity contribution in [3.05, 3.63) is 81.0 Å². The van der Waals surface area contributed by atoms with Crippen molar-refractivity contribution < 1.29 is 19.1 Å². The SMILES string of the molecule is CCOC(=O)c1cc(-c2cccc(Br)c2)n(C)n1.CCOC(=O)c1cc(-c2cccc(Br)c2)nn1C. The summed E-state index contributed by atoms with van der Waals surface area (Å²) < 4.78 is 15.1. The molecule has 0 amide bonds. The van der Waals surface area contributed by atoms with E-state index in [0.717, 1.165) is 31.5 Å². The van der Waals surface area contributed by atoms with E-state index >= 15 is 0 Å². The van der Waals surface area contributed by atoms with Gasteiger partial charge in [-0.05, 0) is 50.2 Å². The molecule has 0 saturated heterocycles. The molecular weight excluding hydrogens is 592 g/mol. The van der Waals surface area contributed by atoms with Crippen LogP contribution in [0, 0.1) is 0 Å². The first-order valence-electron chi connectivity index (χ1n) is 11.2. The Kier molecular flexibility index (Phi) is 9.60. The number of ether oxygens (including phenoxy) is 2. The third kappa shape index (κ3) is 6.92.